The molecule has 1 heterocycles. The summed E-state index contributed by atoms with van der Waals surface area (Å²) < 4.78 is 22.9. The summed E-state index contributed by atoms with van der Waals surface area (Å²) in [4.78, 5) is 4.09. The zero-order valence-electron chi connectivity index (χ0n) is 6.47. The van der Waals surface area contributed by atoms with Crippen molar-refractivity contribution >= 4 is 31.6 Å². The third-order valence-electron chi connectivity index (χ3n) is 1.63. The number of fused-ring (bicyclic) bond motifs is 1. The molecular formula is C7H6N2O2S2. The summed E-state index contributed by atoms with van der Waals surface area (Å²) in [6, 6.07) is 4.66. The Morgan fingerprint density at radius 3 is 2.85 bits per heavy atom. The second kappa shape index (κ2) is 2.76. The van der Waals surface area contributed by atoms with Crippen molar-refractivity contribution in [1.29, 1.82) is 0 Å². The van der Waals surface area contributed by atoms with E-state index in [1.54, 1.807) is 11.6 Å². The average molecular weight is 214 g/mol. The fraction of sp³-hybridized carbons (Fsp3) is 0. The predicted molar refractivity (Wildman–Crippen MR) is 51.0 cm³/mol. The molecule has 0 saturated heterocycles. The summed E-state index contributed by atoms with van der Waals surface area (Å²) in [6.45, 7) is 0. The highest BCUT2D eigenvalue weighted by Gasteiger charge is 2.08. The molecule has 0 bridgehead atoms. The van der Waals surface area contributed by atoms with Crippen LogP contribution in [-0.2, 0) is 10.0 Å². The Kier molecular flexibility index (Phi) is 1.83. The van der Waals surface area contributed by atoms with Gasteiger partial charge in [0.15, 0.2) is 0 Å². The molecule has 13 heavy (non-hydrogen) atoms. The van der Waals surface area contributed by atoms with Crippen LogP contribution in [0.2, 0.25) is 0 Å². The molecular weight excluding hydrogens is 208 g/mol. The summed E-state index contributed by atoms with van der Waals surface area (Å²) in [5.74, 6) is 0. The number of aromatic nitrogens is 1. The maximum atomic E-state index is 11.0. The van der Waals surface area contributed by atoms with Gasteiger partial charge in [0.05, 0.1) is 20.6 Å². The molecule has 2 rings (SSSR count). The molecule has 0 aliphatic carbocycles. The van der Waals surface area contributed by atoms with Gasteiger partial charge in [0.25, 0.3) is 0 Å². The van der Waals surface area contributed by atoms with E-state index in [0.29, 0.717) is 5.52 Å². The van der Waals surface area contributed by atoms with Crippen molar-refractivity contribution in [3.63, 3.8) is 0 Å². The van der Waals surface area contributed by atoms with Gasteiger partial charge in [-0.25, -0.2) is 18.5 Å². The van der Waals surface area contributed by atoms with Gasteiger partial charge in [0.2, 0.25) is 10.0 Å². The van der Waals surface area contributed by atoms with Crippen molar-refractivity contribution in [2.75, 3.05) is 0 Å². The first-order valence-electron chi connectivity index (χ1n) is 3.43. The molecule has 0 saturated carbocycles. The lowest BCUT2D eigenvalue weighted by atomic mass is 10.3. The third kappa shape index (κ3) is 1.55. The molecule has 2 N–H and O–H groups in total. The number of hydrogen-bond donors (Lipinski definition) is 1. The Hall–Kier alpha value is -0.980. The molecule has 1 aromatic heterocycles. The highest BCUT2D eigenvalue weighted by atomic mass is 32.2. The largest absolute Gasteiger partial charge is 0.245 e. The highest BCUT2D eigenvalue weighted by Crippen LogP contribution is 2.20. The molecule has 2 aromatic rings. The van der Waals surface area contributed by atoms with Crippen LogP contribution in [0.4, 0.5) is 0 Å². The lowest BCUT2D eigenvalue weighted by Gasteiger charge is -1.95. The molecule has 6 heteroatoms. The van der Waals surface area contributed by atoms with E-state index in [9.17, 15) is 8.42 Å². The van der Waals surface area contributed by atoms with Gasteiger partial charge >= 0.3 is 0 Å². The molecule has 0 aliphatic heterocycles. The smallest absolute Gasteiger partial charge is 0.238 e. The van der Waals surface area contributed by atoms with Crippen LogP contribution in [0.25, 0.3) is 10.2 Å². The van der Waals surface area contributed by atoms with Crippen molar-refractivity contribution in [1.82, 2.24) is 4.98 Å². The van der Waals surface area contributed by atoms with Crippen LogP contribution >= 0.6 is 11.3 Å². The fourth-order valence-corrected chi connectivity index (χ4v) is 2.21. The number of hydrogen-bond acceptors (Lipinski definition) is 4. The van der Waals surface area contributed by atoms with Gasteiger partial charge in [-0.3, -0.25) is 0 Å². The van der Waals surface area contributed by atoms with Crippen molar-refractivity contribution in [2.24, 2.45) is 5.14 Å². The van der Waals surface area contributed by atoms with Gasteiger partial charge in [0, 0.05) is 0 Å². The number of benzene rings is 1. The number of thiazole rings is 1. The van der Waals surface area contributed by atoms with Gasteiger partial charge in [-0.15, -0.1) is 11.3 Å². The predicted octanol–water partition coefficient (Wildman–Crippen LogP) is 0.944. The average Bonchev–Trinajstić information content (AvgIpc) is 2.47. The van der Waals surface area contributed by atoms with Crippen molar-refractivity contribution in [3.8, 4) is 0 Å². The number of nitrogens with zero attached hydrogens (tertiary/aromatic N) is 1. The second-order valence-corrected chi connectivity index (χ2v) is 4.97. The number of nitrogens with two attached hydrogens (primary N) is 1. The SMILES string of the molecule is NS(=O)(=O)c1ccc2scnc2c1. The van der Waals surface area contributed by atoms with Gasteiger partial charge in [-0.2, -0.15) is 0 Å². The van der Waals surface area contributed by atoms with E-state index >= 15 is 0 Å². The van der Waals surface area contributed by atoms with E-state index in [-0.39, 0.29) is 4.90 Å². The van der Waals surface area contributed by atoms with Crippen molar-refractivity contribution in [2.45, 2.75) is 4.90 Å². The van der Waals surface area contributed by atoms with Crippen LogP contribution in [0, 0.1) is 0 Å². The third-order valence-corrected chi connectivity index (χ3v) is 3.35. The molecule has 68 valence electrons. The van der Waals surface area contributed by atoms with Gasteiger partial charge in [-0.05, 0) is 18.2 Å². The highest BCUT2D eigenvalue weighted by molar-refractivity contribution is 7.89. The zero-order valence-corrected chi connectivity index (χ0v) is 8.10. The Morgan fingerprint density at radius 2 is 2.15 bits per heavy atom. The van der Waals surface area contributed by atoms with Crippen LogP contribution in [0.1, 0.15) is 0 Å². The summed E-state index contributed by atoms with van der Waals surface area (Å²) in [5.41, 5.74) is 2.33. The monoisotopic (exact) mass is 214 g/mol. The van der Waals surface area contributed by atoms with E-state index in [0.717, 1.165) is 4.70 Å². The fourth-order valence-electron chi connectivity index (χ4n) is 1.01. The molecule has 4 nitrogen and oxygen atoms in total. The first-order chi connectivity index (χ1) is 6.07. The summed E-state index contributed by atoms with van der Waals surface area (Å²) >= 11 is 1.46. The number of rotatable bonds is 1. The van der Waals surface area contributed by atoms with Crippen molar-refractivity contribution in [3.05, 3.63) is 23.7 Å². The molecule has 0 amide bonds. The maximum Gasteiger partial charge on any atom is 0.238 e. The minimum Gasteiger partial charge on any atom is -0.245 e. The normalized spacial score (nSPS) is 12.1. The van der Waals surface area contributed by atoms with E-state index in [2.05, 4.69) is 4.98 Å². The lowest BCUT2D eigenvalue weighted by Crippen LogP contribution is -2.11. The van der Waals surface area contributed by atoms with E-state index < -0.39 is 10.0 Å². The summed E-state index contributed by atoms with van der Waals surface area (Å²) in [5, 5.41) is 4.96. The Balaban J connectivity index is 2.75. The van der Waals surface area contributed by atoms with E-state index in [4.69, 9.17) is 5.14 Å². The quantitative estimate of drug-likeness (QED) is 0.767. The molecule has 0 atom stereocenters. The standard InChI is InChI=1S/C7H6N2O2S2/c8-13(10,11)5-1-2-7-6(3-5)9-4-12-7/h1-4H,(H2,8,10,11). The summed E-state index contributed by atoms with van der Waals surface area (Å²) in [7, 11) is -3.61. The van der Waals surface area contributed by atoms with Crippen LogP contribution in [0.3, 0.4) is 0 Å². The molecule has 1 aromatic carbocycles. The molecule has 0 unspecified atom stereocenters. The number of primary sulfonamides is 1. The number of sulfonamides is 1. The minimum absolute atomic E-state index is 0.103. The molecule has 0 spiro atoms. The van der Waals surface area contributed by atoms with Crippen LogP contribution in [0.5, 0.6) is 0 Å². The van der Waals surface area contributed by atoms with Gasteiger partial charge in [0.1, 0.15) is 0 Å². The Morgan fingerprint density at radius 1 is 1.38 bits per heavy atom. The van der Waals surface area contributed by atoms with Crippen LogP contribution in [-0.4, -0.2) is 13.4 Å². The molecule has 0 fully saturated rings. The van der Waals surface area contributed by atoms with Gasteiger partial charge < -0.3 is 0 Å². The first kappa shape index (κ1) is 8.61. The lowest BCUT2D eigenvalue weighted by molar-refractivity contribution is 0.598. The first-order valence-corrected chi connectivity index (χ1v) is 5.86. The van der Waals surface area contributed by atoms with Gasteiger partial charge in [-0.1, -0.05) is 0 Å². The van der Waals surface area contributed by atoms with E-state index in [1.165, 1.54) is 23.5 Å². The Labute approximate surface area is 79.1 Å². The minimum atomic E-state index is -3.61. The second-order valence-electron chi connectivity index (χ2n) is 2.53. The summed E-state index contributed by atoms with van der Waals surface area (Å²) in [6.07, 6.45) is 0. The van der Waals surface area contributed by atoms with E-state index in [1.807, 2.05) is 0 Å². The van der Waals surface area contributed by atoms with Crippen molar-refractivity contribution < 1.29 is 8.42 Å². The zero-order chi connectivity index (χ0) is 9.47. The van der Waals surface area contributed by atoms with Crippen LogP contribution in [0.15, 0.2) is 28.6 Å². The topological polar surface area (TPSA) is 73.1 Å². The van der Waals surface area contributed by atoms with Crippen LogP contribution < -0.4 is 5.14 Å². The molecule has 0 radical (unpaired) electrons. The Bertz CT molecular complexity index is 544. The molecule has 0 aliphatic rings. The maximum absolute atomic E-state index is 11.0.